The van der Waals surface area contributed by atoms with Crippen LogP contribution in [-0.4, -0.2) is 24.2 Å². The Labute approximate surface area is 223 Å². The van der Waals surface area contributed by atoms with Gasteiger partial charge in [0.2, 0.25) is 5.91 Å². The standard InChI is InChI=1S/C30H35N3O5/c1-20-12-15-22(16-13-20)32-29(36)38-28(21-14-17-26(37-4)25(34)19-21)30(2,3)18-8-7-11-27(35)33-24-10-6-5-9-23(24)31/h5-7,9-17,19,28,34H,8,18,31H2,1-4H3,(H,32,36)(H,33,35)/b11-7+/t28-/m0/s1. The van der Waals surface area contributed by atoms with E-state index in [9.17, 15) is 14.7 Å². The molecule has 3 rings (SSSR count). The SMILES string of the molecule is COc1ccc([C@H](OC(=O)Nc2ccc(C)cc2)C(C)(C)CC/C=C/C(=O)Nc2ccccc2N)cc1O. The second kappa shape index (κ2) is 12.7. The second-order valence-electron chi connectivity index (χ2n) is 9.71. The largest absolute Gasteiger partial charge is 0.504 e. The van der Waals surface area contributed by atoms with E-state index in [1.165, 1.54) is 19.3 Å². The molecule has 0 fully saturated rings. The Bertz CT molecular complexity index is 1290. The highest BCUT2D eigenvalue weighted by atomic mass is 16.6. The summed E-state index contributed by atoms with van der Waals surface area (Å²) in [7, 11) is 1.47. The van der Waals surface area contributed by atoms with Crippen LogP contribution in [0.4, 0.5) is 21.9 Å². The predicted molar refractivity (Wildman–Crippen MR) is 150 cm³/mol. The molecule has 38 heavy (non-hydrogen) atoms. The van der Waals surface area contributed by atoms with E-state index in [4.69, 9.17) is 15.2 Å². The third-order valence-corrected chi connectivity index (χ3v) is 6.18. The normalized spacial score (nSPS) is 12.1. The Morgan fingerprint density at radius 2 is 1.76 bits per heavy atom. The number of methoxy groups -OCH3 is 1. The molecule has 0 aliphatic carbocycles. The molecule has 2 amide bonds. The number of carbonyl (C=O) groups is 2. The number of aromatic hydroxyl groups is 1. The lowest BCUT2D eigenvalue weighted by Gasteiger charge is -2.34. The van der Waals surface area contributed by atoms with Crippen molar-refractivity contribution in [2.75, 3.05) is 23.5 Å². The summed E-state index contributed by atoms with van der Waals surface area (Å²) in [5.41, 5.74) is 8.67. The first kappa shape index (κ1) is 28.1. The number of phenolic OH excluding ortho intramolecular Hbond substituents is 1. The van der Waals surface area contributed by atoms with Crippen molar-refractivity contribution in [2.45, 2.75) is 39.7 Å². The Balaban J connectivity index is 1.72. The highest BCUT2D eigenvalue weighted by molar-refractivity contribution is 6.01. The van der Waals surface area contributed by atoms with Gasteiger partial charge in [0.15, 0.2) is 11.5 Å². The molecule has 200 valence electrons. The van der Waals surface area contributed by atoms with E-state index in [-0.39, 0.29) is 11.7 Å². The number of para-hydroxylation sites is 2. The Hall–Kier alpha value is -4.46. The van der Waals surface area contributed by atoms with Gasteiger partial charge in [-0.2, -0.15) is 0 Å². The van der Waals surface area contributed by atoms with Crippen LogP contribution in [0.3, 0.4) is 0 Å². The van der Waals surface area contributed by atoms with Crippen LogP contribution in [0.2, 0.25) is 0 Å². The third kappa shape index (κ3) is 7.77. The molecule has 0 heterocycles. The van der Waals surface area contributed by atoms with E-state index in [1.807, 2.05) is 32.9 Å². The zero-order valence-electron chi connectivity index (χ0n) is 22.2. The molecule has 5 N–H and O–H groups in total. The molecular weight excluding hydrogens is 482 g/mol. The minimum Gasteiger partial charge on any atom is -0.504 e. The molecule has 0 radical (unpaired) electrons. The second-order valence-corrected chi connectivity index (χ2v) is 9.71. The van der Waals surface area contributed by atoms with Crippen LogP contribution in [0.5, 0.6) is 11.5 Å². The molecule has 0 saturated carbocycles. The zero-order chi connectivity index (χ0) is 27.7. The molecule has 8 heteroatoms. The fourth-order valence-corrected chi connectivity index (χ4v) is 4.00. The molecule has 0 spiro atoms. The van der Waals surface area contributed by atoms with Gasteiger partial charge in [0.25, 0.3) is 0 Å². The summed E-state index contributed by atoms with van der Waals surface area (Å²) < 4.78 is 11.1. The minimum absolute atomic E-state index is 0.0508. The molecule has 0 aliphatic rings. The van der Waals surface area contributed by atoms with Gasteiger partial charge in [-0.25, -0.2) is 4.79 Å². The fraction of sp³-hybridized carbons (Fsp3) is 0.267. The van der Waals surface area contributed by atoms with Gasteiger partial charge in [-0.05, 0) is 67.8 Å². The van der Waals surface area contributed by atoms with Gasteiger partial charge >= 0.3 is 6.09 Å². The number of carbonyl (C=O) groups excluding carboxylic acids is 2. The van der Waals surface area contributed by atoms with Crippen molar-refractivity contribution in [1.82, 2.24) is 0 Å². The van der Waals surface area contributed by atoms with Gasteiger partial charge in [-0.3, -0.25) is 10.1 Å². The molecule has 8 nitrogen and oxygen atoms in total. The Morgan fingerprint density at radius 1 is 1.05 bits per heavy atom. The predicted octanol–water partition coefficient (Wildman–Crippen LogP) is 6.58. The zero-order valence-corrected chi connectivity index (χ0v) is 22.2. The molecular formula is C30H35N3O5. The highest BCUT2D eigenvalue weighted by Gasteiger charge is 2.34. The van der Waals surface area contributed by atoms with E-state index >= 15 is 0 Å². The molecule has 0 unspecified atom stereocenters. The Morgan fingerprint density at radius 3 is 2.42 bits per heavy atom. The lowest BCUT2D eigenvalue weighted by Crippen LogP contribution is -2.29. The number of hydrogen-bond acceptors (Lipinski definition) is 6. The van der Waals surface area contributed by atoms with Crippen LogP contribution in [0, 0.1) is 12.3 Å². The van der Waals surface area contributed by atoms with E-state index < -0.39 is 17.6 Å². The third-order valence-electron chi connectivity index (χ3n) is 6.18. The molecule has 0 aliphatic heterocycles. The summed E-state index contributed by atoms with van der Waals surface area (Å²) in [6.07, 6.45) is 3.05. The molecule has 0 bridgehead atoms. The van der Waals surface area contributed by atoms with Crippen LogP contribution < -0.4 is 21.1 Å². The highest BCUT2D eigenvalue weighted by Crippen LogP contribution is 2.43. The van der Waals surface area contributed by atoms with E-state index in [0.717, 1.165) is 5.56 Å². The van der Waals surface area contributed by atoms with E-state index in [2.05, 4.69) is 10.6 Å². The van der Waals surface area contributed by atoms with Crippen LogP contribution >= 0.6 is 0 Å². The summed E-state index contributed by atoms with van der Waals surface area (Å²) in [6, 6.07) is 19.4. The van der Waals surface area contributed by atoms with Gasteiger partial charge in [0.1, 0.15) is 6.10 Å². The summed E-state index contributed by atoms with van der Waals surface area (Å²) >= 11 is 0. The van der Waals surface area contributed by atoms with Crippen molar-refractivity contribution < 1.29 is 24.2 Å². The number of nitrogens with two attached hydrogens (primary N) is 1. The van der Waals surface area contributed by atoms with Crippen molar-refractivity contribution in [3.8, 4) is 11.5 Å². The number of nitrogens with one attached hydrogen (secondary N) is 2. The fourth-order valence-electron chi connectivity index (χ4n) is 4.00. The average Bonchev–Trinajstić information content (AvgIpc) is 2.88. The average molecular weight is 518 g/mol. The van der Waals surface area contributed by atoms with Crippen LogP contribution in [0.1, 0.15) is 43.9 Å². The van der Waals surface area contributed by atoms with Gasteiger partial charge < -0.3 is 25.6 Å². The first-order chi connectivity index (χ1) is 18.1. The molecule has 0 saturated heterocycles. The lowest BCUT2D eigenvalue weighted by molar-refractivity contribution is -0.111. The topological polar surface area (TPSA) is 123 Å². The van der Waals surface area contributed by atoms with Crippen molar-refractivity contribution in [2.24, 2.45) is 5.41 Å². The number of nitrogen functional groups attached to an aromatic ring is 1. The molecule has 1 atom stereocenters. The maximum atomic E-state index is 12.9. The van der Waals surface area contributed by atoms with Gasteiger partial charge in [-0.1, -0.05) is 55.8 Å². The Kier molecular flexibility index (Phi) is 9.38. The van der Waals surface area contributed by atoms with E-state index in [0.29, 0.717) is 41.2 Å². The summed E-state index contributed by atoms with van der Waals surface area (Å²) in [4.78, 5) is 25.2. The van der Waals surface area contributed by atoms with Gasteiger partial charge in [-0.15, -0.1) is 0 Å². The maximum absolute atomic E-state index is 12.9. The number of rotatable bonds is 10. The first-order valence-corrected chi connectivity index (χ1v) is 12.3. The van der Waals surface area contributed by atoms with E-state index in [1.54, 1.807) is 54.6 Å². The van der Waals surface area contributed by atoms with Crippen LogP contribution in [0.25, 0.3) is 0 Å². The summed E-state index contributed by atoms with van der Waals surface area (Å²) in [5, 5.41) is 15.9. The first-order valence-electron chi connectivity index (χ1n) is 12.3. The van der Waals surface area contributed by atoms with Crippen LogP contribution in [-0.2, 0) is 9.53 Å². The summed E-state index contributed by atoms with van der Waals surface area (Å²) in [5.74, 6) is -0.0152. The number of benzene rings is 3. The number of aryl methyl sites for hydroxylation is 1. The minimum atomic E-state index is -0.698. The number of phenols is 1. The monoisotopic (exact) mass is 517 g/mol. The molecule has 3 aromatic carbocycles. The quantitative estimate of drug-likeness (QED) is 0.178. The lowest BCUT2D eigenvalue weighted by atomic mass is 9.78. The van der Waals surface area contributed by atoms with Crippen molar-refractivity contribution in [3.05, 3.63) is 90.0 Å². The summed E-state index contributed by atoms with van der Waals surface area (Å²) in [6.45, 7) is 5.90. The molecule has 3 aromatic rings. The van der Waals surface area contributed by atoms with Gasteiger partial charge in [0, 0.05) is 11.1 Å². The van der Waals surface area contributed by atoms with Crippen molar-refractivity contribution in [3.63, 3.8) is 0 Å². The number of hydrogen-bond donors (Lipinski definition) is 4. The number of anilines is 3. The number of amides is 2. The van der Waals surface area contributed by atoms with Gasteiger partial charge in [0.05, 0.1) is 18.5 Å². The number of allylic oxidation sites excluding steroid dienone is 1. The van der Waals surface area contributed by atoms with Crippen LogP contribution in [0.15, 0.2) is 78.9 Å². The number of ether oxygens (including phenoxy) is 2. The van der Waals surface area contributed by atoms with Crippen molar-refractivity contribution in [1.29, 1.82) is 0 Å². The van der Waals surface area contributed by atoms with Crippen molar-refractivity contribution >= 4 is 29.1 Å². The smallest absolute Gasteiger partial charge is 0.412 e. The molecule has 0 aromatic heterocycles. The maximum Gasteiger partial charge on any atom is 0.412 e.